The zero-order valence-corrected chi connectivity index (χ0v) is 15.0. The maximum atomic E-state index is 12.7. The number of aromatic hydroxyl groups is 1. The molecule has 0 aliphatic carbocycles. The number of hydrogen-bond donors (Lipinski definition) is 2. The molecule has 0 saturated carbocycles. The third-order valence-electron chi connectivity index (χ3n) is 4.41. The summed E-state index contributed by atoms with van der Waals surface area (Å²) in [4.78, 5) is 23.6. The van der Waals surface area contributed by atoms with Crippen molar-refractivity contribution >= 4 is 16.9 Å². The van der Waals surface area contributed by atoms with Crippen molar-refractivity contribution in [2.75, 3.05) is 14.2 Å². The first-order chi connectivity index (χ1) is 12.9. The standard InChI is InChI=1S/C20H18O7/c1-10-13-6-4-11(8-16(21)22)18(23)19(13)27-20(24)17(10)14-7-5-12(25-2)9-15(14)26-3/h4-7,9,23H,8H2,1-3H3,(H,21,22). The first-order valence-electron chi connectivity index (χ1n) is 8.09. The van der Waals surface area contributed by atoms with E-state index in [1.165, 1.54) is 20.3 Å². The molecular weight excluding hydrogens is 352 g/mol. The van der Waals surface area contributed by atoms with Gasteiger partial charge < -0.3 is 24.1 Å². The molecular formula is C20H18O7. The van der Waals surface area contributed by atoms with E-state index in [1.807, 2.05) is 0 Å². The third-order valence-corrected chi connectivity index (χ3v) is 4.41. The second-order valence-corrected chi connectivity index (χ2v) is 5.98. The molecule has 0 aliphatic heterocycles. The molecule has 1 aromatic heterocycles. The van der Waals surface area contributed by atoms with E-state index in [9.17, 15) is 14.7 Å². The van der Waals surface area contributed by atoms with Crippen molar-refractivity contribution in [2.24, 2.45) is 0 Å². The summed E-state index contributed by atoms with van der Waals surface area (Å²) in [6, 6.07) is 8.19. The Balaban J connectivity index is 2.28. The average Bonchev–Trinajstić information content (AvgIpc) is 2.64. The van der Waals surface area contributed by atoms with Gasteiger partial charge >= 0.3 is 11.6 Å². The highest BCUT2D eigenvalue weighted by molar-refractivity contribution is 5.92. The highest BCUT2D eigenvalue weighted by atomic mass is 16.5. The number of hydrogen-bond acceptors (Lipinski definition) is 6. The minimum Gasteiger partial charge on any atom is -0.504 e. The van der Waals surface area contributed by atoms with E-state index < -0.39 is 11.6 Å². The van der Waals surface area contributed by atoms with Crippen LogP contribution in [0.2, 0.25) is 0 Å². The van der Waals surface area contributed by atoms with Gasteiger partial charge in [0.1, 0.15) is 11.5 Å². The van der Waals surface area contributed by atoms with Crippen LogP contribution in [0.25, 0.3) is 22.1 Å². The molecule has 0 fully saturated rings. The lowest BCUT2D eigenvalue weighted by Gasteiger charge is -2.14. The highest BCUT2D eigenvalue weighted by Gasteiger charge is 2.20. The molecule has 27 heavy (non-hydrogen) atoms. The fourth-order valence-electron chi connectivity index (χ4n) is 3.06. The van der Waals surface area contributed by atoms with E-state index in [4.69, 9.17) is 19.0 Å². The lowest BCUT2D eigenvalue weighted by atomic mass is 9.97. The Morgan fingerprint density at radius 2 is 1.89 bits per heavy atom. The first kappa shape index (κ1) is 18.3. The van der Waals surface area contributed by atoms with Gasteiger partial charge in [-0.1, -0.05) is 12.1 Å². The zero-order chi connectivity index (χ0) is 19.7. The molecule has 3 rings (SSSR count). The summed E-state index contributed by atoms with van der Waals surface area (Å²) in [5.41, 5.74) is 0.890. The summed E-state index contributed by atoms with van der Waals surface area (Å²) < 4.78 is 15.9. The van der Waals surface area contributed by atoms with Gasteiger partial charge in [-0.3, -0.25) is 4.79 Å². The Morgan fingerprint density at radius 1 is 1.15 bits per heavy atom. The molecule has 0 amide bonds. The number of aliphatic carboxylic acids is 1. The SMILES string of the molecule is COc1ccc(-c2c(C)c3ccc(CC(=O)O)c(O)c3oc2=O)c(OC)c1. The van der Waals surface area contributed by atoms with Crippen LogP contribution in [0.5, 0.6) is 17.2 Å². The van der Waals surface area contributed by atoms with E-state index in [0.29, 0.717) is 33.6 Å². The lowest BCUT2D eigenvalue weighted by molar-refractivity contribution is -0.136. The predicted octanol–water partition coefficient (Wildman–Crippen LogP) is 3.12. The lowest BCUT2D eigenvalue weighted by Crippen LogP contribution is -2.08. The summed E-state index contributed by atoms with van der Waals surface area (Å²) in [6.07, 6.45) is -0.376. The quantitative estimate of drug-likeness (QED) is 0.665. The highest BCUT2D eigenvalue weighted by Crippen LogP contribution is 2.37. The number of ether oxygens (including phenoxy) is 2. The second kappa shape index (κ2) is 7.03. The van der Waals surface area contributed by atoms with Gasteiger partial charge in [0, 0.05) is 22.6 Å². The van der Waals surface area contributed by atoms with Gasteiger partial charge in [-0.05, 0) is 24.6 Å². The molecule has 7 nitrogen and oxygen atoms in total. The molecule has 0 atom stereocenters. The van der Waals surface area contributed by atoms with Gasteiger partial charge in [-0.25, -0.2) is 4.79 Å². The Labute approximate surface area is 154 Å². The molecule has 2 N–H and O–H groups in total. The molecule has 0 bridgehead atoms. The van der Waals surface area contributed by atoms with E-state index in [2.05, 4.69) is 0 Å². The van der Waals surface area contributed by atoms with Crippen molar-refractivity contribution in [3.8, 4) is 28.4 Å². The summed E-state index contributed by atoms with van der Waals surface area (Å²) in [5, 5.41) is 19.8. The molecule has 0 unspecified atom stereocenters. The molecule has 140 valence electrons. The van der Waals surface area contributed by atoms with E-state index in [-0.39, 0.29) is 23.3 Å². The van der Waals surface area contributed by atoms with Crippen LogP contribution < -0.4 is 15.1 Å². The fraction of sp³-hybridized carbons (Fsp3) is 0.200. The van der Waals surface area contributed by atoms with Gasteiger partial charge in [0.2, 0.25) is 0 Å². The molecule has 2 aromatic carbocycles. The Hall–Kier alpha value is -3.48. The number of phenols is 1. The number of phenolic OH excluding ortho intramolecular Hbond substituents is 1. The molecule has 0 spiro atoms. The number of benzene rings is 2. The number of carbonyl (C=O) groups is 1. The number of methoxy groups -OCH3 is 2. The first-order valence-corrected chi connectivity index (χ1v) is 8.09. The average molecular weight is 370 g/mol. The molecule has 7 heteroatoms. The largest absolute Gasteiger partial charge is 0.504 e. The second-order valence-electron chi connectivity index (χ2n) is 5.98. The Kier molecular flexibility index (Phi) is 4.77. The van der Waals surface area contributed by atoms with Crippen molar-refractivity contribution < 1.29 is 28.9 Å². The van der Waals surface area contributed by atoms with Gasteiger partial charge in [0.15, 0.2) is 11.3 Å². The number of carboxylic acid groups (broad SMARTS) is 1. The minimum atomic E-state index is -1.09. The molecule has 0 aliphatic rings. The summed E-state index contributed by atoms with van der Waals surface area (Å²) in [6.45, 7) is 1.73. The zero-order valence-electron chi connectivity index (χ0n) is 15.0. The van der Waals surface area contributed by atoms with Crippen LogP contribution >= 0.6 is 0 Å². The van der Waals surface area contributed by atoms with Crippen LogP contribution in [0, 0.1) is 6.92 Å². The molecule has 0 saturated heterocycles. The van der Waals surface area contributed by atoms with E-state index >= 15 is 0 Å². The number of fused-ring (bicyclic) bond motifs is 1. The topological polar surface area (TPSA) is 106 Å². The fourth-order valence-corrected chi connectivity index (χ4v) is 3.06. The molecule has 1 heterocycles. The normalized spacial score (nSPS) is 10.8. The third kappa shape index (κ3) is 3.19. The van der Waals surface area contributed by atoms with Crippen molar-refractivity contribution in [1.29, 1.82) is 0 Å². The van der Waals surface area contributed by atoms with Crippen molar-refractivity contribution in [3.05, 3.63) is 51.9 Å². The molecule has 0 radical (unpaired) electrons. The minimum absolute atomic E-state index is 0.0347. The number of carboxylic acids is 1. The number of rotatable bonds is 5. The van der Waals surface area contributed by atoms with Crippen LogP contribution in [0.3, 0.4) is 0 Å². The van der Waals surface area contributed by atoms with Gasteiger partial charge in [-0.2, -0.15) is 0 Å². The predicted molar refractivity (Wildman–Crippen MR) is 98.8 cm³/mol. The maximum Gasteiger partial charge on any atom is 0.344 e. The van der Waals surface area contributed by atoms with E-state index in [1.54, 1.807) is 31.2 Å². The van der Waals surface area contributed by atoms with Crippen molar-refractivity contribution in [2.45, 2.75) is 13.3 Å². The van der Waals surface area contributed by atoms with Gasteiger partial charge in [0.05, 0.1) is 26.2 Å². The van der Waals surface area contributed by atoms with Gasteiger partial charge in [0.25, 0.3) is 0 Å². The summed E-state index contributed by atoms with van der Waals surface area (Å²) >= 11 is 0. The number of aryl methyl sites for hydroxylation is 1. The Morgan fingerprint density at radius 3 is 2.52 bits per heavy atom. The van der Waals surface area contributed by atoms with Crippen molar-refractivity contribution in [3.63, 3.8) is 0 Å². The summed E-state index contributed by atoms with van der Waals surface area (Å²) in [7, 11) is 3.02. The van der Waals surface area contributed by atoms with Crippen LogP contribution in [0.1, 0.15) is 11.1 Å². The van der Waals surface area contributed by atoms with Crippen molar-refractivity contribution in [1.82, 2.24) is 0 Å². The van der Waals surface area contributed by atoms with Crippen LogP contribution in [0.4, 0.5) is 0 Å². The summed E-state index contributed by atoms with van der Waals surface area (Å²) in [5.74, 6) is -0.420. The van der Waals surface area contributed by atoms with Crippen LogP contribution in [-0.4, -0.2) is 30.4 Å². The molecule has 3 aromatic rings. The van der Waals surface area contributed by atoms with Gasteiger partial charge in [-0.15, -0.1) is 0 Å². The van der Waals surface area contributed by atoms with Crippen LogP contribution in [0.15, 0.2) is 39.5 Å². The Bertz CT molecular complexity index is 1100. The smallest absolute Gasteiger partial charge is 0.344 e. The van der Waals surface area contributed by atoms with E-state index in [0.717, 1.165) is 0 Å². The maximum absolute atomic E-state index is 12.7. The monoisotopic (exact) mass is 370 g/mol. The van der Waals surface area contributed by atoms with Crippen LogP contribution in [-0.2, 0) is 11.2 Å².